The van der Waals surface area contributed by atoms with Gasteiger partial charge in [0.05, 0.1) is 20.3 Å². The molecule has 0 atom stereocenters. The minimum Gasteiger partial charge on any atom is -0.493 e. The summed E-state index contributed by atoms with van der Waals surface area (Å²) in [6, 6.07) is 5.48. The van der Waals surface area contributed by atoms with Gasteiger partial charge in [-0.15, -0.1) is 0 Å². The molecular formula is C19H29N3O4. The number of rotatable bonds is 8. The first-order valence-electron chi connectivity index (χ1n) is 9.10. The maximum Gasteiger partial charge on any atom is 0.321 e. The summed E-state index contributed by atoms with van der Waals surface area (Å²) < 4.78 is 10.8. The Labute approximate surface area is 155 Å². The number of carbonyl (C=O) groups excluding carboxylic acids is 2. The van der Waals surface area contributed by atoms with Gasteiger partial charge in [0.2, 0.25) is 5.91 Å². The van der Waals surface area contributed by atoms with Crippen LogP contribution in [0.5, 0.6) is 11.5 Å². The van der Waals surface area contributed by atoms with E-state index in [1.54, 1.807) is 7.11 Å². The van der Waals surface area contributed by atoms with E-state index in [0.717, 1.165) is 31.2 Å². The number of hydrogen-bond donors (Lipinski definition) is 2. The third-order valence-corrected chi connectivity index (χ3v) is 4.34. The van der Waals surface area contributed by atoms with E-state index in [9.17, 15) is 9.59 Å². The molecule has 1 aromatic rings. The first kappa shape index (κ1) is 20.0. The topological polar surface area (TPSA) is 79.9 Å². The summed E-state index contributed by atoms with van der Waals surface area (Å²) in [6.45, 7) is 3.18. The highest BCUT2D eigenvalue weighted by molar-refractivity contribution is 5.95. The molecule has 0 spiro atoms. The van der Waals surface area contributed by atoms with Crippen molar-refractivity contribution in [1.29, 1.82) is 0 Å². The van der Waals surface area contributed by atoms with Crippen LogP contribution in [0.4, 0.5) is 4.79 Å². The van der Waals surface area contributed by atoms with Gasteiger partial charge in [-0.3, -0.25) is 15.0 Å². The second-order valence-corrected chi connectivity index (χ2v) is 6.59. The van der Waals surface area contributed by atoms with E-state index in [0.29, 0.717) is 24.7 Å². The zero-order chi connectivity index (χ0) is 18.9. The Morgan fingerprint density at radius 2 is 1.96 bits per heavy atom. The summed E-state index contributed by atoms with van der Waals surface area (Å²) >= 11 is 0. The fraction of sp³-hybridized carbons (Fsp3) is 0.579. The molecular weight excluding hydrogens is 334 g/mol. The zero-order valence-electron chi connectivity index (χ0n) is 15.8. The number of carbonyl (C=O) groups is 2. The zero-order valence-corrected chi connectivity index (χ0v) is 15.8. The van der Waals surface area contributed by atoms with Crippen molar-refractivity contribution in [2.75, 3.05) is 27.3 Å². The molecule has 1 aliphatic carbocycles. The quantitative estimate of drug-likeness (QED) is 0.741. The Morgan fingerprint density at radius 3 is 2.62 bits per heavy atom. The van der Waals surface area contributed by atoms with E-state index in [4.69, 9.17) is 9.47 Å². The van der Waals surface area contributed by atoms with E-state index < -0.39 is 6.03 Å². The largest absolute Gasteiger partial charge is 0.493 e. The number of urea groups is 1. The lowest BCUT2D eigenvalue weighted by molar-refractivity contribution is -0.121. The predicted molar refractivity (Wildman–Crippen MR) is 99.4 cm³/mol. The highest BCUT2D eigenvalue weighted by Crippen LogP contribution is 2.28. The van der Waals surface area contributed by atoms with E-state index in [2.05, 4.69) is 10.6 Å². The van der Waals surface area contributed by atoms with Crippen LogP contribution >= 0.6 is 0 Å². The second kappa shape index (κ2) is 10.0. The molecule has 1 aromatic carbocycles. The molecule has 1 saturated carbocycles. The predicted octanol–water partition coefficient (Wildman–Crippen LogP) is 2.29. The van der Waals surface area contributed by atoms with Crippen molar-refractivity contribution >= 4 is 11.9 Å². The molecule has 0 unspecified atom stereocenters. The molecule has 2 rings (SSSR count). The van der Waals surface area contributed by atoms with Gasteiger partial charge in [-0.2, -0.15) is 0 Å². The number of hydrogen-bond acceptors (Lipinski definition) is 5. The van der Waals surface area contributed by atoms with Crippen molar-refractivity contribution in [3.8, 4) is 11.5 Å². The van der Waals surface area contributed by atoms with Crippen molar-refractivity contribution < 1.29 is 19.1 Å². The first-order chi connectivity index (χ1) is 12.5. The summed E-state index contributed by atoms with van der Waals surface area (Å²) in [5.41, 5.74) is 0.996. The minimum atomic E-state index is -0.405. The van der Waals surface area contributed by atoms with Crippen LogP contribution in [0.3, 0.4) is 0 Å². The van der Waals surface area contributed by atoms with Crippen LogP contribution in [0.25, 0.3) is 0 Å². The molecule has 1 fully saturated rings. The number of ether oxygens (including phenoxy) is 2. The van der Waals surface area contributed by atoms with Crippen molar-refractivity contribution in [2.45, 2.75) is 45.2 Å². The summed E-state index contributed by atoms with van der Waals surface area (Å²) in [7, 11) is 3.43. The van der Waals surface area contributed by atoms with Gasteiger partial charge in [0, 0.05) is 12.6 Å². The molecule has 0 saturated heterocycles. The van der Waals surface area contributed by atoms with Gasteiger partial charge >= 0.3 is 6.03 Å². The first-order valence-corrected chi connectivity index (χ1v) is 9.10. The average molecular weight is 363 g/mol. The molecule has 0 bridgehead atoms. The standard InChI is InChI=1S/C19H29N3O4/c1-4-26-16-10-9-14(11-17(16)25-3)12-22(2)13-18(23)21-19(24)20-15-7-5-6-8-15/h9-11,15H,4-8,12-13H2,1-3H3,(H2,20,21,23,24). The minimum absolute atomic E-state index is 0.133. The molecule has 144 valence electrons. The summed E-state index contributed by atoms with van der Waals surface area (Å²) in [6.07, 6.45) is 4.24. The van der Waals surface area contributed by atoms with E-state index in [-0.39, 0.29) is 18.5 Å². The fourth-order valence-corrected chi connectivity index (χ4v) is 3.16. The van der Waals surface area contributed by atoms with E-state index in [1.807, 2.05) is 37.1 Å². The van der Waals surface area contributed by atoms with Crippen molar-refractivity contribution in [1.82, 2.24) is 15.5 Å². The number of nitrogens with zero attached hydrogens (tertiary/aromatic N) is 1. The highest BCUT2D eigenvalue weighted by atomic mass is 16.5. The number of amides is 3. The van der Waals surface area contributed by atoms with Gasteiger partial charge in [0.15, 0.2) is 11.5 Å². The van der Waals surface area contributed by atoms with Gasteiger partial charge in [-0.05, 0) is 44.5 Å². The van der Waals surface area contributed by atoms with Gasteiger partial charge < -0.3 is 14.8 Å². The average Bonchev–Trinajstić information content (AvgIpc) is 3.08. The third-order valence-electron chi connectivity index (χ3n) is 4.34. The Morgan fingerprint density at radius 1 is 1.23 bits per heavy atom. The molecule has 0 aliphatic heterocycles. The third kappa shape index (κ3) is 6.22. The van der Waals surface area contributed by atoms with Gasteiger partial charge in [-0.1, -0.05) is 18.9 Å². The number of benzene rings is 1. The molecule has 3 amide bonds. The van der Waals surface area contributed by atoms with Crippen molar-refractivity contribution in [2.24, 2.45) is 0 Å². The SMILES string of the molecule is CCOc1ccc(CN(C)CC(=O)NC(=O)NC2CCCC2)cc1OC. The highest BCUT2D eigenvalue weighted by Gasteiger charge is 2.18. The molecule has 26 heavy (non-hydrogen) atoms. The number of imide groups is 1. The molecule has 7 heteroatoms. The van der Waals surface area contributed by atoms with Crippen molar-refractivity contribution in [3.63, 3.8) is 0 Å². The van der Waals surface area contributed by atoms with Crippen LogP contribution in [0.1, 0.15) is 38.2 Å². The number of likely N-dealkylation sites (N-methyl/N-ethyl adjacent to an activating group) is 1. The van der Waals surface area contributed by atoms with Crippen LogP contribution in [0, 0.1) is 0 Å². The normalized spacial score (nSPS) is 14.3. The second-order valence-electron chi connectivity index (χ2n) is 6.59. The van der Waals surface area contributed by atoms with Crippen LogP contribution in [0.2, 0.25) is 0 Å². The Balaban J connectivity index is 1.80. The Hall–Kier alpha value is -2.28. The lowest BCUT2D eigenvalue weighted by Crippen LogP contribution is -2.46. The fourth-order valence-electron chi connectivity index (χ4n) is 3.16. The van der Waals surface area contributed by atoms with Crippen LogP contribution in [0.15, 0.2) is 18.2 Å². The van der Waals surface area contributed by atoms with Gasteiger partial charge in [0.25, 0.3) is 0 Å². The summed E-state index contributed by atoms with van der Waals surface area (Å²) in [5.74, 6) is 1.04. The van der Waals surface area contributed by atoms with Crippen LogP contribution in [-0.4, -0.2) is 50.2 Å². The molecule has 0 aromatic heterocycles. The maximum atomic E-state index is 12.0. The molecule has 0 radical (unpaired) electrons. The Bertz CT molecular complexity index is 615. The number of nitrogens with one attached hydrogen (secondary N) is 2. The summed E-state index contributed by atoms with van der Waals surface area (Å²) in [5, 5.41) is 5.24. The van der Waals surface area contributed by atoms with Crippen molar-refractivity contribution in [3.05, 3.63) is 23.8 Å². The smallest absolute Gasteiger partial charge is 0.321 e. The summed E-state index contributed by atoms with van der Waals surface area (Å²) in [4.78, 5) is 25.7. The van der Waals surface area contributed by atoms with E-state index in [1.165, 1.54) is 0 Å². The lowest BCUT2D eigenvalue weighted by Gasteiger charge is -2.18. The van der Waals surface area contributed by atoms with Crippen LogP contribution < -0.4 is 20.1 Å². The monoisotopic (exact) mass is 363 g/mol. The molecule has 0 heterocycles. The van der Waals surface area contributed by atoms with Gasteiger partial charge in [-0.25, -0.2) is 4.79 Å². The molecule has 1 aliphatic rings. The Kier molecular flexibility index (Phi) is 7.72. The maximum absolute atomic E-state index is 12.0. The molecule has 7 nitrogen and oxygen atoms in total. The number of methoxy groups -OCH3 is 1. The lowest BCUT2D eigenvalue weighted by atomic mass is 10.2. The van der Waals surface area contributed by atoms with E-state index >= 15 is 0 Å². The van der Waals surface area contributed by atoms with Gasteiger partial charge in [0.1, 0.15) is 0 Å². The van der Waals surface area contributed by atoms with Crippen LogP contribution in [-0.2, 0) is 11.3 Å². The molecule has 2 N–H and O–H groups in total.